The largest absolute Gasteiger partial charge is 0.480 e. The van der Waals surface area contributed by atoms with Crippen LogP contribution in [0.4, 0.5) is 0 Å². The molecule has 2 aliphatic rings. The quantitative estimate of drug-likeness (QED) is 0.625. The normalized spacial score (nSPS) is 41.9. The summed E-state index contributed by atoms with van der Waals surface area (Å²) in [7, 11) is 0. The van der Waals surface area contributed by atoms with Gasteiger partial charge in [-0.1, -0.05) is 31.2 Å². The highest BCUT2D eigenvalue weighted by molar-refractivity contribution is 5.74. The van der Waals surface area contributed by atoms with Crippen LogP contribution in [-0.2, 0) is 4.79 Å². The fourth-order valence-corrected chi connectivity index (χ4v) is 2.17. The Hall–Kier alpha value is -1.09. The first kappa shape index (κ1) is 8.51. The van der Waals surface area contributed by atoms with E-state index in [4.69, 9.17) is 5.11 Å². The van der Waals surface area contributed by atoms with Crippen molar-refractivity contribution in [3.8, 4) is 0 Å². The summed E-state index contributed by atoms with van der Waals surface area (Å²) in [6, 6.07) is -0.191. The summed E-state index contributed by atoms with van der Waals surface area (Å²) in [6.07, 6.45) is 8.07. The van der Waals surface area contributed by atoms with Crippen LogP contribution in [0.1, 0.15) is 6.92 Å². The Balaban J connectivity index is 2.20. The Labute approximate surface area is 77.1 Å². The SMILES string of the molecule is CC1C(C(=O)O)NC2C=CC=CC21. The van der Waals surface area contributed by atoms with Gasteiger partial charge in [0.2, 0.25) is 0 Å². The molecule has 0 spiro atoms. The molecule has 1 aliphatic carbocycles. The molecule has 13 heavy (non-hydrogen) atoms. The molecule has 70 valence electrons. The van der Waals surface area contributed by atoms with Gasteiger partial charge in [-0.25, -0.2) is 0 Å². The molecule has 0 saturated carbocycles. The molecule has 4 unspecified atom stereocenters. The topological polar surface area (TPSA) is 49.3 Å². The van der Waals surface area contributed by atoms with Crippen molar-refractivity contribution in [3.05, 3.63) is 24.3 Å². The third-order valence-corrected chi connectivity index (χ3v) is 2.95. The van der Waals surface area contributed by atoms with Gasteiger partial charge in [0, 0.05) is 12.0 Å². The van der Waals surface area contributed by atoms with Crippen LogP contribution in [0.3, 0.4) is 0 Å². The van der Waals surface area contributed by atoms with E-state index in [0.29, 0.717) is 5.92 Å². The van der Waals surface area contributed by atoms with E-state index < -0.39 is 12.0 Å². The van der Waals surface area contributed by atoms with Gasteiger partial charge in [0.25, 0.3) is 0 Å². The number of hydrogen-bond donors (Lipinski definition) is 2. The minimum atomic E-state index is -0.747. The second kappa shape index (κ2) is 3.00. The number of rotatable bonds is 1. The second-order valence-corrected chi connectivity index (χ2v) is 3.71. The lowest BCUT2D eigenvalue weighted by Crippen LogP contribution is -2.37. The molecule has 0 aromatic heterocycles. The maximum atomic E-state index is 10.8. The van der Waals surface area contributed by atoms with Gasteiger partial charge >= 0.3 is 5.97 Å². The number of carbonyl (C=O) groups is 1. The number of fused-ring (bicyclic) bond motifs is 1. The molecule has 1 fully saturated rings. The summed E-state index contributed by atoms with van der Waals surface area (Å²) >= 11 is 0. The second-order valence-electron chi connectivity index (χ2n) is 3.71. The first-order chi connectivity index (χ1) is 6.20. The minimum Gasteiger partial charge on any atom is -0.480 e. The maximum Gasteiger partial charge on any atom is 0.321 e. The third-order valence-electron chi connectivity index (χ3n) is 2.95. The van der Waals surface area contributed by atoms with Gasteiger partial charge in [-0.15, -0.1) is 0 Å². The van der Waals surface area contributed by atoms with Gasteiger partial charge in [-0.05, 0) is 5.92 Å². The molecule has 0 aromatic carbocycles. The summed E-state index contributed by atoms with van der Waals surface area (Å²) < 4.78 is 0. The first-order valence-corrected chi connectivity index (χ1v) is 4.54. The maximum absolute atomic E-state index is 10.8. The molecule has 2 rings (SSSR count). The van der Waals surface area contributed by atoms with Crippen molar-refractivity contribution >= 4 is 5.97 Å². The Bertz CT molecular complexity index is 283. The average molecular weight is 179 g/mol. The molecule has 0 bridgehead atoms. The van der Waals surface area contributed by atoms with Gasteiger partial charge in [0.1, 0.15) is 6.04 Å². The van der Waals surface area contributed by atoms with Crippen molar-refractivity contribution < 1.29 is 9.90 Å². The van der Waals surface area contributed by atoms with E-state index in [1.54, 1.807) is 0 Å². The number of carboxylic acid groups (broad SMARTS) is 1. The van der Waals surface area contributed by atoms with Crippen molar-refractivity contribution in [1.29, 1.82) is 0 Å². The zero-order chi connectivity index (χ0) is 9.42. The molecular formula is C10H13NO2. The fourth-order valence-electron chi connectivity index (χ4n) is 2.17. The van der Waals surface area contributed by atoms with E-state index in [1.807, 2.05) is 25.2 Å². The van der Waals surface area contributed by atoms with Crippen LogP contribution in [0.25, 0.3) is 0 Å². The van der Waals surface area contributed by atoms with Crippen LogP contribution in [0.5, 0.6) is 0 Å². The summed E-state index contributed by atoms with van der Waals surface area (Å²) in [5, 5.41) is 12.0. The molecule has 0 radical (unpaired) electrons. The number of aliphatic carboxylic acids is 1. The lowest BCUT2D eigenvalue weighted by molar-refractivity contribution is -0.140. The zero-order valence-electron chi connectivity index (χ0n) is 7.47. The summed E-state index contributed by atoms with van der Waals surface area (Å²) in [5.74, 6) is -0.237. The van der Waals surface area contributed by atoms with Crippen molar-refractivity contribution in [2.24, 2.45) is 11.8 Å². The number of nitrogens with one attached hydrogen (secondary N) is 1. The number of carboxylic acids is 1. The highest BCUT2D eigenvalue weighted by Gasteiger charge is 2.41. The Morgan fingerprint density at radius 1 is 1.38 bits per heavy atom. The lowest BCUT2D eigenvalue weighted by Gasteiger charge is -2.17. The smallest absolute Gasteiger partial charge is 0.321 e. The Morgan fingerprint density at radius 3 is 2.69 bits per heavy atom. The molecule has 2 N–H and O–H groups in total. The van der Waals surface area contributed by atoms with E-state index in [9.17, 15) is 4.79 Å². The Kier molecular flexibility index (Phi) is 1.96. The molecule has 1 saturated heterocycles. The standard InChI is InChI=1S/C10H13NO2/c1-6-7-4-2-3-5-8(7)11-9(6)10(12)13/h2-9,11H,1H3,(H,12,13). The van der Waals surface area contributed by atoms with Crippen LogP contribution in [0.15, 0.2) is 24.3 Å². The fraction of sp³-hybridized carbons (Fsp3) is 0.500. The third kappa shape index (κ3) is 1.29. The molecule has 1 heterocycles. The zero-order valence-corrected chi connectivity index (χ0v) is 7.47. The Morgan fingerprint density at radius 2 is 2.08 bits per heavy atom. The molecule has 4 atom stereocenters. The van der Waals surface area contributed by atoms with Crippen molar-refractivity contribution in [3.63, 3.8) is 0 Å². The molecule has 1 aliphatic heterocycles. The van der Waals surface area contributed by atoms with Gasteiger partial charge in [-0.3, -0.25) is 10.1 Å². The van der Waals surface area contributed by atoms with Crippen molar-refractivity contribution in [2.45, 2.75) is 19.0 Å². The van der Waals surface area contributed by atoms with Crippen LogP contribution in [0, 0.1) is 11.8 Å². The van der Waals surface area contributed by atoms with E-state index in [2.05, 4.69) is 11.4 Å². The highest BCUT2D eigenvalue weighted by atomic mass is 16.4. The minimum absolute atomic E-state index is 0.170. The summed E-state index contributed by atoms with van der Waals surface area (Å²) in [5.41, 5.74) is 0. The number of allylic oxidation sites excluding steroid dienone is 2. The van der Waals surface area contributed by atoms with Gasteiger partial charge in [0.15, 0.2) is 0 Å². The number of hydrogen-bond acceptors (Lipinski definition) is 2. The molecular weight excluding hydrogens is 166 g/mol. The molecule has 0 amide bonds. The van der Waals surface area contributed by atoms with Gasteiger partial charge in [-0.2, -0.15) is 0 Å². The highest BCUT2D eigenvalue weighted by Crippen LogP contribution is 2.31. The van der Waals surface area contributed by atoms with E-state index >= 15 is 0 Å². The average Bonchev–Trinajstić information content (AvgIpc) is 2.45. The summed E-state index contributed by atoms with van der Waals surface area (Å²) in [4.78, 5) is 10.8. The van der Waals surface area contributed by atoms with E-state index in [-0.39, 0.29) is 12.0 Å². The van der Waals surface area contributed by atoms with E-state index in [1.165, 1.54) is 0 Å². The van der Waals surface area contributed by atoms with Gasteiger partial charge < -0.3 is 5.11 Å². The van der Waals surface area contributed by atoms with Crippen LogP contribution < -0.4 is 5.32 Å². The lowest BCUT2D eigenvalue weighted by atomic mass is 9.86. The molecule has 3 heteroatoms. The molecule has 0 aromatic rings. The first-order valence-electron chi connectivity index (χ1n) is 4.54. The molecule has 3 nitrogen and oxygen atoms in total. The van der Waals surface area contributed by atoms with Crippen molar-refractivity contribution in [1.82, 2.24) is 5.32 Å². The van der Waals surface area contributed by atoms with Crippen molar-refractivity contribution in [2.75, 3.05) is 0 Å². The van der Waals surface area contributed by atoms with E-state index in [0.717, 1.165) is 0 Å². The van der Waals surface area contributed by atoms with Gasteiger partial charge in [0.05, 0.1) is 0 Å². The predicted octanol–water partition coefficient (Wildman–Crippen LogP) is 0.790. The summed E-state index contributed by atoms with van der Waals surface area (Å²) in [6.45, 7) is 1.99. The predicted molar refractivity (Wildman–Crippen MR) is 49.3 cm³/mol. The van der Waals surface area contributed by atoms with Crippen LogP contribution in [0.2, 0.25) is 0 Å². The van der Waals surface area contributed by atoms with Crippen LogP contribution in [-0.4, -0.2) is 23.2 Å². The monoisotopic (exact) mass is 179 g/mol. The van der Waals surface area contributed by atoms with Crippen LogP contribution >= 0.6 is 0 Å².